The van der Waals surface area contributed by atoms with E-state index in [0.29, 0.717) is 0 Å². The van der Waals surface area contributed by atoms with E-state index >= 15 is 0 Å². The van der Waals surface area contributed by atoms with Gasteiger partial charge in [-0.2, -0.15) is 8.78 Å². The molecular weight excluding hydrogens is 292 g/mol. The van der Waals surface area contributed by atoms with Crippen LogP contribution in [0.2, 0.25) is 0 Å². The lowest BCUT2D eigenvalue weighted by Gasteiger charge is -2.22. The first-order chi connectivity index (χ1) is 9.22. The molecule has 1 aromatic carbocycles. The Bertz CT molecular complexity index is 601. The van der Waals surface area contributed by atoms with E-state index < -0.39 is 40.2 Å². The second kappa shape index (κ2) is 5.09. The van der Waals surface area contributed by atoms with Gasteiger partial charge in [0, 0.05) is 4.88 Å². The zero-order valence-corrected chi connectivity index (χ0v) is 11.9. The molecule has 0 radical (unpaired) electrons. The summed E-state index contributed by atoms with van der Waals surface area (Å²) in [6.07, 6.45) is 0. The van der Waals surface area contributed by atoms with Gasteiger partial charge in [0.15, 0.2) is 17.4 Å². The summed E-state index contributed by atoms with van der Waals surface area (Å²) < 4.78 is 60.8. The largest absolute Gasteiger partial charge is 0.482 e. The van der Waals surface area contributed by atoms with Crippen molar-refractivity contribution in [2.75, 3.05) is 0 Å². The molecule has 0 spiro atoms. The quantitative estimate of drug-likeness (QED) is 0.551. The SMILES string of the molecule is CC(C)(C)Oc1c(F)c(F)c(-c2cccs2)c(F)c1F. The van der Waals surface area contributed by atoms with Crippen LogP contribution in [-0.2, 0) is 0 Å². The number of hydrogen-bond donors (Lipinski definition) is 0. The van der Waals surface area contributed by atoms with Gasteiger partial charge in [0.05, 0.1) is 5.56 Å². The van der Waals surface area contributed by atoms with E-state index in [1.54, 1.807) is 5.38 Å². The third-order valence-electron chi connectivity index (χ3n) is 2.40. The van der Waals surface area contributed by atoms with Crippen molar-refractivity contribution in [1.82, 2.24) is 0 Å². The molecule has 20 heavy (non-hydrogen) atoms. The highest BCUT2D eigenvalue weighted by Crippen LogP contribution is 2.38. The number of ether oxygens (including phenoxy) is 1. The molecule has 0 saturated carbocycles. The van der Waals surface area contributed by atoms with Crippen LogP contribution in [0, 0.1) is 23.3 Å². The van der Waals surface area contributed by atoms with Crippen molar-refractivity contribution in [3.63, 3.8) is 0 Å². The van der Waals surface area contributed by atoms with Gasteiger partial charge >= 0.3 is 0 Å². The predicted molar refractivity (Wildman–Crippen MR) is 70.0 cm³/mol. The Morgan fingerprint density at radius 1 is 0.950 bits per heavy atom. The van der Waals surface area contributed by atoms with Crippen LogP contribution in [0.25, 0.3) is 10.4 Å². The summed E-state index contributed by atoms with van der Waals surface area (Å²) >= 11 is 0.987. The van der Waals surface area contributed by atoms with Crippen molar-refractivity contribution >= 4 is 11.3 Å². The van der Waals surface area contributed by atoms with Crippen LogP contribution in [-0.4, -0.2) is 5.60 Å². The van der Waals surface area contributed by atoms with Crippen LogP contribution < -0.4 is 4.74 Å². The maximum atomic E-state index is 14.0. The topological polar surface area (TPSA) is 9.23 Å². The number of halogens is 4. The van der Waals surface area contributed by atoms with Crippen molar-refractivity contribution in [1.29, 1.82) is 0 Å². The molecule has 6 heteroatoms. The van der Waals surface area contributed by atoms with E-state index in [1.165, 1.54) is 32.9 Å². The predicted octanol–water partition coefficient (Wildman–Crippen LogP) is 5.15. The molecular formula is C14H12F4OS. The van der Waals surface area contributed by atoms with Gasteiger partial charge in [0.2, 0.25) is 11.6 Å². The smallest absolute Gasteiger partial charge is 0.204 e. The average Bonchev–Trinajstić information content (AvgIpc) is 2.85. The summed E-state index contributed by atoms with van der Waals surface area (Å²) in [5.74, 6) is -6.99. The van der Waals surface area contributed by atoms with Crippen LogP contribution in [0.1, 0.15) is 20.8 Å². The summed E-state index contributed by atoms with van der Waals surface area (Å²) in [6.45, 7) is 4.57. The van der Waals surface area contributed by atoms with Gasteiger partial charge in [0.1, 0.15) is 5.60 Å². The first kappa shape index (κ1) is 14.8. The molecule has 2 rings (SSSR count). The third kappa shape index (κ3) is 2.65. The molecule has 0 aliphatic rings. The van der Waals surface area contributed by atoms with Gasteiger partial charge < -0.3 is 4.74 Å². The number of benzene rings is 1. The molecule has 0 aliphatic carbocycles. The zero-order chi connectivity index (χ0) is 15.1. The summed E-state index contributed by atoms with van der Waals surface area (Å²) in [6, 6.07) is 2.92. The lowest BCUT2D eigenvalue weighted by molar-refractivity contribution is 0.114. The van der Waals surface area contributed by atoms with Gasteiger partial charge in [-0.3, -0.25) is 0 Å². The molecule has 0 fully saturated rings. The van der Waals surface area contributed by atoms with Crippen LogP contribution in [0.15, 0.2) is 17.5 Å². The molecule has 1 aromatic heterocycles. The Hall–Kier alpha value is -1.56. The summed E-state index contributed by atoms with van der Waals surface area (Å²) in [7, 11) is 0. The zero-order valence-electron chi connectivity index (χ0n) is 11.1. The molecule has 108 valence electrons. The molecule has 2 aromatic rings. The normalized spacial score (nSPS) is 11.8. The fraction of sp³-hybridized carbons (Fsp3) is 0.286. The minimum absolute atomic E-state index is 0.111. The van der Waals surface area contributed by atoms with E-state index in [-0.39, 0.29) is 4.88 Å². The fourth-order valence-corrected chi connectivity index (χ4v) is 2.40. The Balaban J connectivity index is 2.66. The molecule has 0 N–H and O–H groups in total. The van der Waals surface area contributed by atoms with Gasteiger partial charge in [-0.1, -0.05) is 6.07 Å². The molecule has 0 amide bonds. The van der Waals surface area contributed by atoms with Crippen LogP contribution in [0.5, 0.6) is 5.75 Å². The highest BCUT2D eigenvalue weighted by atomic mass is 32.1. The van der Waals surface area contributed by atoms with E-state index in [4.69, 9.17) is 4.74 Å². The number of thiophene rings is 1. The van der Waals surface area contributed by atoms with Crippen molar-refractivity contribution < 1.29 is 22.3 Å². The average molecular weight is 304 g/mol. The van der Waals surface area contributed by atoms with Crippen LogP contribution in [0.3, 0.4) is 0 Å². The fourth-order valence-electron chi connectivity index (χ4n) is 1.64. The Morgan fingerprint density at radius 3 is 1.90 bits per heavy atom. The maximum Gasteiger partial charge on any atom is 0.204 e. The lowest BCUT2D eigenvalue weighted by Crippen LogP contribution is -2.25. The lowest BCUT2D eigenvalue weighted by atomic mass is 10.1. The van der Waals surface area contributed by atoms with Crippen molar-refractivity contribution in [2.24, 2.45) is 0 Å². The minimum Gasteiger partial charge on any atom is -0.482 e. The standard InChI is InChI=1S/C14H12F4OS/c1-14(2,3)19-13-11(17)9(15)8(10(16)12(13)18)7-5-4-6-20-7/h4-6H,1-3H3. The van der Waals surface area contributed by atoms with Crippen LogP contribution in [0.4, 0.5) is 17.6 Å². The molecule has 0 bridgehead atoms. The Morgan fingerprint density at radius 2 is 1.50 bits per heavy atom. The monoisotopic (exact) mass is 304 g/mol. The molecule has 0 aliphatic heterocycles. The van der Waals surface area contributed by atoms with Crippen molar-refractivity contribution in [3.8, 4) is 16.2 Å². The first-order valence-corrected chi connectivity index (χ1v) is 6.69. The van der Waals surface area contributed by atoms with Crippen molar-refractivity contribution in [2.45, 2.75) is 26.4 Å². The van der Waals surface area contributed by atoms with Crippen molar-refractivity contribution in [3.05, 3.63) is 40.8 Å². The van der Waals surface area contributed by atoms with Gasteiger partial charge in [-0.15, -0.1) is 11.3 Å². The summed E-state index contributed by atoms with van der Waals surface area (Å²) in [5.41, 5.74) is -1.69. The van der Waals surface area contributed by atoms with E-state index in [0.717, 1.165) is 11.3 Å². The maximum absolute atomic E-state index is 14.0. The summed E-state index contributed by atoms with van der Waals surface area (Å²) in [4.78, 5) is 0.111. The molecule has 0 atom stereocenters. The third-order valence-corrected chi connectivity index (χ3v) is 3.29. The molecule has 0 saturated heterocycles. The van der Waals surface area contributed by atoms with E-state index in [9.17, 15) is 17.6 Å². The first-order valence-electron chi connectivity index (χ1n) is 5.81. The highest BCUT2D eigenvalue weighted by Gasteiger charge is 2.30. The number of rotatable bonds is 2. The van der Waals surface area contributed by atoms with E-state index in [1.807, 2.05) is 0 Å². The Labute approximate surface area is 117 Å². The molecule has 1 nitrogen and oxygen atoms in total. The molecule has 1 heterocycles. The van der Waals surface area contributed by atoms with Crippen LogP contribution >= 0.6 is 11.3 Å². The number of hydrogen-bond acceptors (Lipinski definition) is 2. The van der Waals surface area contributed by atoms with E-state index in [2.05, 4.69) is 0 Å². The van der Waals surface area contributed by atoms with Gasteiger partial charge in [-0.25, -0.2) is 8.78 Å². The summed E-state index contributed by atoms with van der Waals surface area (Å²) in [5, 5.41) is 1.56. The van der Waals surface area contributed by atoms with Gasteiger partial charge in [0.25, 0.3) is 0 Å². The Kier molecular flexibility index (Phi) is 3.77. The second-order valence-corrected chi connectivity index (χ2v) is 6.10. The highest BCUT2D eigenvalue weighted by molar-refractivity contribution is 7.13. The van der Waals surface area contributed by atoms with Gasteiger partial charge in [-0.05, 0) is 32.2 Å². The second-order valence-electron chi connectivity index (χ2n) is 5.15. The molecule has 0 unspecified atom stereocenters. The minimum atomic E-state index is -1.53.